The lowest BCUT2D eigenvalue weighted by molar-refractivity contribution is 0.123. The molecule has 0 unspecified atom stereocenters. The Balaban J connectivity index is 1.69. The minimum absolute atomic E-state index is 0.742. The van der Waals surface area contributed by atoms with Crippen LogP contribution in [0, 0.1) is 5.92 Å². The van der Waals surface area contributed by atoms with Crippen molar-refractivity contribution in [1.82, 2.24) is 14.8 Å². The summed E-state index contributed by atoms with van der Waals surface area (Å²) in [7, 11) is 0. The smallest absolute Gasteiger partial charge is 0.0501 e. The first-order valence-electron chi connectivity index (χ1n) is 7.28. The van der Waals surface area contributed by atoms with E-state index in [0.717, 1.165) is 30.3 Å². The third-order valence-corrected chi connectivity index (χ3v) is 3.62. The number of hydrogen-bond donors (Lipinski definition) is 1. The van der Waals surface area contributed by atoms with Crippen LogP contribution in [0.25, 0.3) is 0 Å². The van der Waals surface area contributed by atoms with Gasteiger partial charge in [-0.3, -0.25) is 4.98 Å². The summed E-state index contributed by atoms with van der Waals surface area (Å²) >= 11 is 0. The Labute approximate surface area is 116 Å². The molecule has 2 rings (SSSR count). The Morgan fingerprint density at radius 1 is 1.16 bits per heavy atom. The fourth-order valence-corrected chi connectivity index (χ4v) is 2.57. The monoisotopic (exact) mass is 262 g/mol. The number of hydrogen-bond acceptors (Lipinski definition) is 4. The average Bonchev–Trinajstić information content (AvgIpc) is 2.39. The van der Waals surface area contributed by atoms with Gasteiger partial charge in [-0.25, -0.2) is 0 Å². The van der Waals surface area contributed by atoms with Crippen LogP contribution in [0.4, 0.5) is 5.69 Å². The summed E-state index contributed by atoms with van der Waals surface area (Å²) in [5.74, 6) is 0.769. The summed E-state index contributed by atoms with van der Waals surface area (Å²) in [6, 6.07) is 3.97. The molecule has 1 aromatic heterocycles. The molecule has 0 amide bonds. The fraction of sp³-hybridized carbons (Fsp3) is 0.667. The molecule has 1 saturated heterocycles. The Bertz CT molecular complexity index is 366. The molecule has 19 heavy (non-hydrogen) atoms. The van der Waals surface area contributed by atoms with E-state index in [0.29, 0.717) is 0 Å². The van der Waals surface area contributed by atoms with E-state index in [1.54, 1.807) is 6.20 Å². The molecule has 2 N–H and O–H groups in total. The summed E-state index contributed by atoms with van der Waals surface area (Å²) in [6.07, 6.45) is 2.76. The van der Waals surface area contributed by atoms with Crippen molar-refractivity contribution in [2.24, 2.45) is 5.92 Å². The summed E-state index contributed by atoms with van der Waals surface area (Å²) in [6.45, 7) is 11.7. The molecule has 1 aliphatic rings. The summed E-state index contributed by atoms with van der Waals surface area (Å²) in [5, 5.41) is 0. The SMILES string of the molecule is CC(C)CN1CCN(CCc2ccc(N)cn2)CC1. The number of aromatic nitrogens is 1. The Kier molecular flexibility index (Phi) is 5.16. The van der Waals surface area contributed by atoms with Crippen molar-refractivity contribution in [2.75, 3.05) is 45.0 Å². The molecule has 1 aromatic rings. The predicted molar refractivity (Wildman–Crippen MR) is 80.1 cm³/mol. The van der Waals surface area contributed by atoms with Gasteiger partial charge in [0.1, 0.15) is 0 Å². The second-order valence-corrected chi connectivity index (χ2v) is 5.87. The molecule has 4 heteroatoms. The number of rotatable bonds is 5. The van der Waals surface area contributed by atoms with Gasteiger partial charge >= 0.3 is 0 Å². The number of nitrogens with zero attached hydrogens (tertiary/aromatic N) is 3. The number of piperazine rings is 1. The first-order chi connectivity index (χ1) is 9.13. The van der Waals surface area contributed by atoms with Crippen molar-refractivity contribution in [1.29, 1.82) is 0 Å². The van der Waals surface area contributed by atoms with Gasteiger partial charge in [0.25, 0.3) is 0 Å². The molecule has 0 saturated carbocycles. The summed E-state index contributed by atoms with van der Waals surface area (Å²) in [4.78, 5) is 9.46. The molecular weight excluding hydrogens is 236 g/mol. The van der Waals surface area contributed by atoms with Gasteiger partial charge < -0.3 is 15.5 Å². The molecule has 0 aliphatic carbocycles. The minimum Gasteiger partial charge on any atom is -0.397 e. The van der Waals surface area contributed by atoms with Gasteiger partial charge in [0, 0.05) is 51.4 Å². The molecule has 106 valence electrons. The molecule has 0 radical (unpaired) electrons. The van der Waals surface area contributed by atoms with E-state index in [4.69, 9.17) is 5.73 Å². The van der Waals surface area contributed by atoms with Gasteiger partial charge in [-0.05, 0) is 18.1 Å². The highest BCUT2D eigenvalue weighted by molar-refractivity contribution is 5.34. The lowest BCUT2D eigenvalue weighted by Crippen LogP contribution is -2.47. The number of pyridine rings is 1. The lowest BCUT2D eigenvalue weighted by atomic mass is 10.2. The Morgan fingerprint density at radius 3 is 2.42 bits per heavy atom. The van der Waals surface area contributed by atoms with Crippen LogP contribution in [0.2, 0.25) is 0 Å². The van der Waals surface area contributed by atoms with Crippen molar-refractivity contribution in [3.8, 4) is 0 Å². The van der Waals surface area contributed by atoms with Crippen molar-refractivity contribution < 1.29 is 0 Å². The van der Waals surface area contributed by atoms with Crippen LogP contribution >= 0.6 is 0 Å². The molecule has 0 atom stereocenters. The highest BCUT2D eigenvalue weighted by Crippen LogP contribution is 2.07. The van der Waals surface area contributed by atoms with E-state index < -0.39 is 0 Å². The van der Waals surface area contributed by atoms with Gasteiger partial charge in [0.2, 0.25) is 0 Å². The molecule has 1 aliphatic heterocycles. The van der Waals surface area contributed by atoms with Crippen molar-refractivity contribution in [2.45, 2.75) is 20.3 Å². The fourth-order valence-electron chi connectivity index (χ4n) is 2.57. The average molecular weight is 262 g/mol. The minimum atomic E-state index is 0.742. The largest absolute Gasteiger partial charge is 0.397 e. The van der Waals surface area contributed by atoms with Gasteiger partial charge in [-0.1, -0.05) is 13.8 Å². The van der Waals surface area contributed by atoms with E-state index in [-0.39, 0.29) is 0 Å². The summed E-state index contributed by atoms with van der Waals surface area (Å²) in [5.41, 5.74) is 7.52. The first-order valence-corrected chi connectivity index (χ1v) is 7.28. The Morgan fingerprint density at radius 2 is 1.84 bits per heavy atom. The molecule has 4 nitrogen and oxygen atoms in total. The van der Waals surface area contributed by atoms with Gasteiger partial charge in [0.05, 0.1) is 11.9 Å². The molecule has 0 aromatic carbocycles. The quantitative estimate of drug-likeness (QED) is 0.873. The lowest BCUT2D eigenvalue weighted by Gasteiger charge is -2.35. The highest BCUT2D eigenvalue weighted by Gasteiger charge is 2.17. The Hall–Kier alpha value is -1.13. The second-order valence-electron chi connectivity index (χ2n) is 5.87. The maximum atomic E-state index is 5.64. The van der Waals surface area contributed by atoms with Gasteiger partial charge in [-0.15, -0.1) is 0 Å². The summed E-state index contributed by atoms with van der Waals surface area (Å²) < 4.78 is 0. The number of nitrogen functional groups attached to an aromatic ring is 1. The first kappa shape index (κ1) is 14.3. The van der Waals surface area contributed by atoms with Crippen LogP contribution < -0.4 is 5.73 Å². The van der Waals surface area contributed by atoms with Crippen LogP contribution in [0.5, 0.6) is 0 Å². The second kappa shape index (κ2) is 6.87. The third-order valence-electron chi connectivity index (χ3n) is 3.62. The maximum Gasteiger partial charge on any atom is 0.0501 e. The highest BCUT2D eigenvalue weighted by atomic mass is 15.3. The van der Waals surface area contributed by atoms with Gasteiger partial charge in [0.15, 0.2) is 0 Å². The van der Waals surface area contributed by atoms with E-state index in [1.807, 2.05) is 12.1 Å². The molecular formula is C15H26N4. The van der Waals surface area contributed by atoms with Crippen molar-refractivity contribution >= 4 is 5.69 Å². The van der Waals surface area contributed by atoms with Crippen LogP contribution in [0.1, 0.15) is 19.5 Å². The number of nitrogens with two attached hydrogens (primary N) is 1. The molecule has 0 bridgehead atoms. The van der Waals surface area contributed by atoms with Gasteiger partial charge in [-0.2, -0.15) is 0 Å². The third kappa shape index (κ3) is 4.80. The zero-order valence-electron chi connectivity index (χ0n) is 12.2. The zero-order valence-corrected chi connectivity index (χ0v) is 12.2. The number of anilines is 1. The normalized spacial score (nSPS) is 18.1. The van der Waals surface area contributed by atoms with Crippen LogP contribution in [0.3, 0.4) is 0 Å². The van der Waals surface area contributed by atoms with Crippen LogP contribution in [-0.2, 0) is 6.42 Å². The van der Waals surface area contributed by atoms with Crippen LogP contribution in [-0.4, -0.2) is 54.1 Å². The zero-order chi connectivity index (χ0) is 13.7. The van der Waals surface area contributed by atoms with Crippen molar-refractivity contribution in [3.05, 3.63) is 24.0 Å². The molecule has 1 fully saturated rings. The topological polar surface area (TPSA) is 45.4 Å². The van der Waals surface area contributed by atoms with Crippen molar-refractivity contribution in [3.63, 3.8) is 0 Å². The molecule has 0 spiro atoms. The van der Waals surface area contributed by atoms with E-state index in [9.17, 15) is 0 Å². The van der Waals surface area contributed by atoms with Crippen LogP contribution in [0.15, 0.2) is 18.3 Å². The van der Waals surface area contributed by atoms with E-state index in [2.05, 4.69) is 28.6 Å². The predicted octanol–water partition coefficient (Wildman–Crippen LogP) is 1.48. The standard InChI is InChI=1S/C15H26N4/c1-13(2)12-19-9-7-18(8-10-19)6-5-15-4-3-14(16)11-17-15/h3-4,11,13H,5-10,12,16H2,1-2H3. The molecule has 2 heterocycles. The van der Waals surface area contributed by atoms with E-state index in [1.165, 1.54) is 32.7 Å². The van der Waals surface area contributed by atoms with E-state index >= 15 is 0 Å². The maximum absolute atomic E-state index is 5.64.